The van der Waals surface area contributed by atoms with Crippen LogP contribution in [0.3, 0.4) is 0 Å². The maximum Gasteiger partial charge on any atom is 0.243 e. The third kappa shape index (κ3) is 4.28. The van der Waals surface area contributed by atoms with Crippen LogP contribution < -0.4 is 0 Å². The molecule has 0 fully saturated rings. The number of hydrogen-bond acceptors (Lipinski definition) is 4. The van der Waals surface area contributed by atoms with Gasteiger partial charge in [0.05, 0.1) is 17.5 Å². The predicted molar refractivity (Wildman–Crippen MR) is 128 cm³/mol. The van der Waals surface area contributed by atoms with Gasteiger partial charge in [-0.25, -0.2) is 8.42 Å². The summed E-state index contributed by atoms with van der Waals surface area (Å²) in [5.41, 5.74) is 3.31. The van der Waals surface area contributed by atoms with Crippen LogP contribution in [0.2, 0.25) is 0 Å². The molecule has 0 N–H and O–H groups in total. The van der Waals surface area contributed by atoms with Crippen molar-refractivity contribution in [3.63, 3.8) is 0 Å². The van der Waals surface area contributed by atoms with Gasteiger partial charge in [0.25, 0.3) is 0 Å². The van der Waals surface area contributed by atoms with Crippen molar-refractivity contribution in [2.45, 2.75) is 24.3 Å². The van der Waals surface area contributed by atoms with Crippen LogP contribution in [0.25, 0.3) is 0 Å². The fraction of sp³-hybridized carbons (Fsp3) is 0.240. The Hall–Kier alpha value is -2.74. The van der Waals surface area contributed by atoms with Gasteiger partial charge in [0.15, 0.2) is 0 Å². The minimum Gasteiger partial charge on any atom is -0.330 e. The molecule has 1 aromatic heterocycles. The number of hydrogen-bond donors (Lipinski definition) is 0. The largest absolute Gasteiger partial charge is 0.330 e. The fourth-order valence-electron chi connectivity index (χ4n) is 4.19. The molecule has 4 rings (SSSR count). The Labute approximate surface area is 193 Å². The van der Waals surface area contributed by atoms with Crippen LogP contribution in [-0.4, -0.2) is 43.2 Å². The molecule has 0 bridgehead atoms. The SMILES string of the molecule is C=CCN(CC(=O)N1CCc2sccc2C1c1ccccc1C)S(=O)(=O)c1ccccc1. The molecule has 2 heterocycles. The van der Waals surface area contributed by atoms with Crippen LogP contribution in [0.5, 0.6) is 0 Å². The van der Waals surface area contributed by atoms with Gasteiger partial charge in [-0.2, -0.15) is 4.31 Å². The molecule has 1 aliphatic rings. The van der Waals surface area contributed by atoms with Gasteiger partial charge < -0.3 is 4.90 Å². The summed E-state index contributed by atoms with van der Waals surface area (Å²) in [7, 11) is -3.82. The van der Waals surface area contributed by atoms with Crippen LogP contribution in [0, 0.1) is 6.92 Å². The maximum absolute atomic E-state index is 13.6. The highest BCUT2D eigenvalue weighted by Gasteiger charge is 2.35. The summed E-state index contributed by atoms with van der Waals surface area (Å²) in [5.74, 6) is -0.212. The Balaban J connectivity index is 1.67. The van der Waals surface area contributed by atoms with Crippen LogP contribution in [0.1, 0.15) is 27.6 Å². The minimum absolute atomic E-state index is 0.0650. The van der Waals surface area contributed by atoms with E-state index in [0.29, 0.717) is 6.54 Å². The molecule has 2 aromatic carbocycles. The first kappa shape index (κ1) is 22.5. The van der Waals surface area contributed by atoms with E-state index in [1.54, 1.807) is 41.7 Å². The molecule has 0 saturated heterocycles. The monoisotopic (exact) mass is 466 g/mol. The van der Waals surface area contributed by atoms with Gasteiger partial charge in [0, 0.05) is 18.0 Å². The molecule has 166 valence electrons. The molecule has 0 spiro atoms. The first-order chi connectivity index (χ1) is 15.4. The van der Waals surface area contributed by atoms with Crippen LogP contribution in [-0.2, 0) is 21.2 Å². The summed E-state index contributed by atoms with van der Waals surface area (Å²) in [6, 6.07) is 18.1. The summed E-state index contributed by atoms with van der Waals surface area (Å²) in [4.78, 5) is 16.9. The van der Waals surface area contributed by atoms with Crippen LogP contribution in [0.4, 0.5) is 0 Å². The van der Waals surface area contributed by atoms with Gasteiger partial charge in [-0.3, -0.25) is 4.79 Å². The third-order valence-electron chi connectivity index (χ3n) is 5.79. The third-order valence-corrected chi connectivity index (χ3v) is 8.62. The molecule has 1 aliphatic heterocycles. The van der Waals surface area contributed by atoms with E-state index >= 15 is 0 Å². The molecular weight excluding hydrogens is 440 g/mol. The van der Waals surface area contributed by atoms with E-state index in [0.717, 1.165) is 23.1 Å². The average molecular weight is 467 g/mol. The molecule has 3 aromatic rings. The predicted octanol–water partition coefficient (Wildman–Crippen LogP) is 4.41. The number of benzene rings is 2. The van der Waals surface area contributed by atoms with Crippen molar-refractivity contribution in [3.05, 3.63) is 100 Å². The first-order valence-corrected chi connectivity index (χ1v) is 12.8. The smallest absolute Gasteiger partial charge is 0.243 e. The lowest BCUT2D eigenvalue weighted by atomic mass is 9.90. The number of thiophene rings is 1. The van der Waals surface area contributed by atoms with E-state index in [4.69, 9.17) is 0 Å². The summed E-state index contributed by atoms with van der Waals surface area (Å²) < 4.78 is 27.6. The second-order valence-electron chi connectivity index (χ2n) is 7.79. The Morgan fingerprint density at radius 3 is 2.56 bits per heavy atom. The molecule has 1 amide bonds. The Kier molecular flexibility index (Phi) is 6.60. The van der Waals surface area contributed by atoms with Crippen molar-refractivity contribution in [1.29, 1.82) is 0 Å². The number of fused-ring (bicyclic) bond motifs is 1. The normalized spacial score (nSPS) is 16.1. The lowest BCUT2D eigenvalue weighted by Crippen LogP contribution is -2.46. The fourth-order valence-corrected chi connectivity index (χ4v) is 6.47. The second kappa shape index (κ2) is 9.40. The Bertz CT molecular complexity index is 1220. The number of aryl methyl sites for hydroxylation is 1. The van der Waals surface area contributed by atoms with Gasteiger partial charge in [-0.05, 0) is 53.6 Å². The van der Waals surface area contributed by atoms with Crippen LogP contribution in [0.15, 0.2) is 83.6 Å². The summed E-state index contributed by atoms with van der Waals surface area (Å²) in [6.07, 6.45) is 2.29. The highest BCUT2D eigenvalue weighted by Crippen LogP contribution is 2.39. The molecule has 32 heavy (non-hydrogen) atoms. The van der Waals surface area contributed by atoms with E-state index < -0.39 is 10.0 Å². The maximum atomic E-state index is 13.6. The number of amides is 1. The number of sulfonamides is 1. The molecule has 0 radical (unpaired) electrons. The van der Waals surface area contributed by atoms with Crippen LogP contribution >= 0.6 is 11.3 Å². The topological polar surface area (TPSA) is 57.7 Å². The molecule has 5 nitrogen and oxygen atoms in total. The average Bonchev–Trinajstić information content (AvgIpc) is 3.28. The van der Waals surface area contributed by atoms with Crippen molar-refractivity contribution in [1.82, 2.24) is 9.21 Å². The Morgan fingerprint density at radius 1 is 1.12 bits per heavy atom. The first-order valence-electron chi connectivity index (χ1n) is 10.5. The van der Waals surface area contributed by atoms with Gasteiger partial charge in [0.2, 0.25) is 15.9 Å². The molecular formula is C25H26N2O3S2. The highest BCUT2D eigenvalue weighted by molar-refractivity contribution is 7.89. The molecule has 0 aliphatic carbocycles. The minimum atomic E-state index is -3.82. The van der Waals surface area contributed by atoms with E-state index in [1.807, 2.05) is 30.0 Å². The zero-order chi connectivity index (χ0) is 22.7. The Morgan fingerprint density at radius 2 is 1.84 bits per heavy atom. The summed E-state index contributed by atoms with van der Waals surface area (Å²) in [5, 5.41) is 2.06. The lowest BCUT2D eigenvalue weighted by molar-refractivity contribution is -0.133. The van der Waals surface area contributed by atoms with Gasteiger partial charge in [-0.1, -0.05) is 48.5 Å². The molecule has 7 heteroatoms. The quantitative estimate of drug-likeness (QED) is 0.485. The highest BCUT2D eigenvalue weighted by atomic mass is 32.2. The number of rotatable bonds is 7. The van der Waals surface area contributed by atoms with Crippen molar-refractivity contribution in [3.8, 4) is 0 Å². The van der Waals surface area contributed by atoms with Crippen molar-refractivity contribution >= 4 is 27.3 Å². The number of nitrogens with zero attached hydrogens (tertiary/aromatic N) is 2. The zero-order valence-corrected chi connectivity index (χ0v) is 19.6. The van der Waals surface area contributed by atoms with Crippen molar-refractivity contribution in [2.24, 2.45) is 0 Å². The molecule has 1 unspecified atom stereocenters. The molecule has 1 atom stereocenters. The lowest BCUT2D eigenvalue weighted by Gasteiger charge is -2.38. The second-order valence-corrected chi connectivity index (χ2v) is 10.7. The number of carbonyl (C=O) groups excluding carboxylic acids is 1. The van der Waals surface area contributed by atoms with Crippen molar-refractivity contribution < 1.29 is 13.2 Å². The van der Waals surface area contributed by atoms with Gasteiger partial charge >= 0.3 is 0 Å². The van der Waals surface area contributed by atoms with E-state index in [2.05, 4.69) is 24.1 Å². The summed E-state index contributed by atoms with van der Waals surface area (Å²) in [6.45, 7) is 6.13. The molecule has 0 saturated carbocycles. The van der Waals surface area contributed by atoms with Gasteiger partial charge in [-0.15, -0.1) is 17.9 Å². The number of carbonyl (C=O) groups is 1. The standard InChI is InChI=1S/C25H26N2O3S2/c1-3-15-26(32(29,30)20-10-5-4-6-11-20)18-24(28)27-16-13-23-22(14-17-31-23)25(27)21-12-8-7-9-19(21)2/h3-12,14,17,25H,1,13,15-16,18H2,2H3. The van der Waals surface area contributed by atoms with Crippen molar-refractivity contribution in [2.75, 3.05) is 19.6 Å². The van der Waals surface area contributed by atoms with E-state index in [1.165, 1.54) is 15.3 Å². The zero-order valence-electron chi connectivity index (χ0n) is 18.0. The van der Waals surface area contributed by atoms with Gasteiger partial charge in [0.1, 0.15) is 0 Å². The summed E-state index contributed by atoms with van der Waals surface area (Å²) >= 11 is 1.71. The van der Waals surface area contributed by atoms with E-state index in [9.17, 15) is 13.2 Å². The van der Waals surface area contributed by atoms with E-state index in [-0.39, 0.29) is 29.9 Å².